The third kappa shape index (κ3) is 5.57. The van der Waals surface area contributed by atoms with Crippen molar-refractivity contribution in [3.8, 4) is 17.2 Å². The van der Waals surface area contributed by atoms with Crippen LogP contribution >= 0.6 is 0 Å². The molecule has 0 bridgehead atoms. The first kappa shape index (κ1) is 22.2. The molecule has 3 aromatic rings. The monoisotopic (exact) mass is 423 g/mol. The van der Waals surface area contributed by atoms with E-state index in [4.69, 9.17) is 9.47 Å². The Balaban J connectivity index is 1.64. The Bertz CT molecular complexity index is 1080. The van der Waals surface area contributed by atoms with Crippen LogP contribution in [0.25, 0.3) is 5.69 Å². The number of ether oxygens (including phenoxy) is 2. The highest BCUT2D eigenvalue weighted by Crippen LogP contribution is 2.20. The van der Waals surface area contributed by atoms with Gasteiger partial charge in [0.25, 0.3) is 11.5 Å². The number of para-hydroxylation sites is 1. The summed E-state index contributed by atoms with van der Waals surface area (Å²) in [5.74, 6) is 1.39. The van der Waals surface area contributed by atoms with Crippen LogP contribution in [0.5, 0.6) is 11.5 Å². The van der Waals surface area contributed by atoms with Crippen molar-refractivity contribution in [2.45, 2.75) is 27.2 Å². The SMILES string of the molecule is Cc1c(NC(=O)COc2cccc(OCCC(C)C)c2)c(=O)n(-c2ccccc2)n1C. The van der Waals surface area contributed by atoms with Gasteiger partial charge in [0.15, 0.2) is 6.61 Å². The van der Waals surface area contributed by atoms with Gasteiger partial charge in [0.2, 0.25) is 0 Å². The predicted molar refractivity (Wildman–Crippen MR) is 121 cm³/mol. The number of aromatic nitrogens is 2. The number of nitrogens with zero attached hydrogens (tertiary/aromatic N) is 2. The first-order valence-corrected chi connectivity index (χ1v) is 10.4. The molecule has 7 nitrogen and oxygen atoms in total. The lowest BCUT2D eigenvalue weighted by molar-refractivity contribution is -0.118. The summed E-state index contributed by atoms with van der Waals surface area (Å²) in [5, 5.41) is 2.69. The van der Waals surface area contributed by atoms with Crippen LogP contribution in [-0.2, 0) is 11.8 Å². The summed E-state index contributed by atoms with van der Waals surface area (Å²) in [5.41, 5.74) is 1.33. The summed E-state index contributed by atoms with van der Waals surface area (Å²) in [7, 11) is 1.78. The summed E-state index contributed by atoms with van der Waals surface area (Å²) in [6.45, 7) is 6.49. The highest BCUT2D eigenvalue weighted by atomic mass is 16.5. The Hall–Kier alpha value is -3.48. The van der Waals surface area contributed by atoms with E-state index in [2.05, 4.69) is 19.2 Å². The molecule has 0 atom stereocenters. The smallest absolute Gasteiger partial charge is 0.295 e. The molecular formula is C24H29N3O4. The molecule has 0 spiro atoms. The number of rotatable bonds is 9. The Labute approximate surface area is 182 Å². The van der Waals surface area contributed by atoms with Crippen molar-refractivity contribution in [1.29, 1.82) is 0 Å². The van der Waals surface area contributed by atoms with Gasteiger partial charge in [0.1, 0.15) is 17.2 Å². The Morgan fingerprint density at radius 1 is 1.03 bits per heavy atom. The van der Waals surface area contributed by atoms with Crippen LogP contribution in [0.4, 0.5) is 5.69 Å². The van der Waals surface area contributed by atoms with Crippen LogP contribution in [0.3, 0.4) is 0 Å². The fraction of sp³-hybridized carbons (Fsp3) is 0.333. The fourth-order valence-corrected chi connectivity index (χ4v) is 3.10. The first-order chi connectivity index (χ1) is 14.9. The molecule has 0 radical (unpaired) electrons. The molecule has 1 aromatic heterocycles. The first-order valence-electron chi connectivity index (χ1n) is 10.4. The maximum Gasteiger partial charge on any atom is 0.295 e. The molecule has 0 saturated heterocycles. The second kappa shape index (κ2) is 10.0. The van der Waals surface area contributed by atoms with Crippen molar-refractivity contribution in [3.05, 3.63) is 70.6 Å². The molecule has 3 rings (SSSR count). The zero-order valence-electron chi connectivity index (χ0n) is 18.4. The number of anilines is 1. The van der Waals surface area contributed by atoms with Crippen LogP contribution in [0.1, 0.15) is 26.0 Å². The van der Waals surface area contributed by atoms with E-state index in [9.17, 15) is 9.59 Å². The molecule has 0 aliphatic rings. The maximum absolute atomic E-state index is 12.9. The highest BCUT2D eigenvalue weighted by Gasteiger charge is 2.18. The lowest BCUT2D eigenvalue weighted by Gasteiger charge is -2.10. The van der Waals surface area contributed by atoms with E-state index in [-0.39, 0.29) is 17.9 Å². The Morgan fingerprint density at radius 2 is 1.71 bits per heavy atom. The minimum Gasteiger partial charge on any atom is -0.493 e. The number of nitrogens with one attached hydrogen (secondary N) is 1. The predicted octanol–water partition coefficient (Wildman–Crippen LogP) is 3.93. The van der Waals surface area contributed by atoms with Gasteiger partial charge in [0.05, 0.1) is 18.0 Å². The average Bonchev–Trinajstić information content (AvgIpc) is 2.96. The van der Waals surface area contributed by atoms with Crippen LogP contribution < -0.4 is 20.3 Å². The molecular weight excluding hydrogens is 394 g/mol. The van der Waals surface area contributed by atoms with Crippen LogP contribution in [0, 0.1) is 12.8 Å². The van der Waals surface area contributed by atoms with E-state index in [1.807, 2.05) is 42.5 Å². The molecule has 1 amide bonds. The van der Waals surface area contributed by atoms with Crippen LogP contribution in [-0.4, -0.2) is 28.5 Å². The second-order valence-corrected chi connectivity index (χ2v) is 7.78. The van der Waals surface area contributed by atoms with E-state index in [0.717, 1.165) is 12.1 Å². The Morgan fingerprint density at radius 3 is 2.39 bits per heavy atom. The quantitative estimate of drug-likeness (QED) is 0.566. The lowest BCUT2D eigenvalue weighted by Crippen LogP contribution is -2.25. The molecule has 0 saturated carbocycles. The summed E-state index contributed by atoms with van der Waals surface area (Å²) >= 11 is 0. The summed E-state index contributed by atoms with van der Waals surface area (Å²) in [6, 6.07) is 16.5. The van der Waals surface area contributed by atoms with Gasteiger partial charge < -0.3 is 14.8 Å². The van der Waals surface area contributed by atoms with Gasteiger partial charge in [-0.25, -0.2) is 4.68 Å². The van der Waals surface area contributed by atoms with Crippen molar-refractivity contribution in [2.75, 3.05) is 18.5 Å². The molecule has 0 aliphatic heterocycles. The van der Waals surface area contributed by atoms with Crippen molar-refractivity contribution < 1.29 is 14.3 Å². The van der Waals surface area contributed by atoms with E-state index in [0.29, 0.717) is 29.7 Å². The van der Waals surface area contributed by atoms with E-state index >= 15 is 0 Å². The summed E-state index contributed by atoms with van der Waals surface area (Å²) in [6.07, 6.45) is 0.963. The number of carbonyl (C=O) groups excluding carboxylic acids is 1. The molecule has 1 heterocycles. The molecule has 0 fully saturated rings. The maximum atomic E-state index is 12.9. The van der Waals surface area contributed by atoms with Crippen LogP contribution in [0.2, 0.25) is 0 Å². The molecule has 164 valence electrons. The van der Waals surface area contributed by atoms with Crippen molar-refractivity contribution >= 4 is 11.6 Å². The van der Waals surface area contributed by atoms with E-state index < -0.39 is 5.91 Å². The van der Waals surface area contributed by atoms with E-state index in [1.54, 1.807) is 30.8 Å². The number of amides is 1. The standard InChI is InChI=1S/C24H29N3O4/c1-17(2)13-14-30-20-11-8-12-21(15-20)31-16-22(28)25-23-18(3)26(4)27(24(23)29)19-9-6-5-7-10-19/h5-12,15,17H,13-14,16H2,1-4H3,(H,25,28). The third-order valence-corrected chi connectivity index (χ3v) is 4.96. The number of benzene rings is 2. The average molecular weight is 424 g/mol. The van der Waals surface area contributed by atoms with E-state index in [1.165, 1.54) is 4.68 Å². The van der Waals surface area contributed by atoms with Crippen molar-refractivity contribution in [2.24, 2.45) is 13.0 Å². The fourth-order valence-electron chi connectivity index (χ4n) is 3.10. The molecule has 0 unspecified atom stereocenters. The zero-order chi connectivity index (χ0) is 22.4. The topological polar surface area (TPSA) is 74.5 Å². The van der Waals surface area contributed by atoms with Gasteiger partial charge >= 0.3 is 0 Å². The highest BCUT2D eigenvalue weighted by molar-refractivity contribution is 5.92. The van der Waals surface area contributed by atoms with Gasteiger partial charge in [-0.15, -0.1) is 0 Å². The Kier molecular flexibility index (Phi) is 7.18. The van der Waals surface area contributed by atoms with Crippen LogP contribution in [0.15, 0.2) is 59.4 Å². The molecule has 0 aliphatic carbocycles. The van der Waals surface area contributed by atoms with Gasteiger partial charge in [-0.1, -0.05) is 38.1 Å². The summed E-state index contributed by atoms with van der Waals surface area (Å²) < 4.78 is 14.6. The number of hydrogen-bond donors (Lipinski definition) is 1. The van der Waals surface area contributed by atoms with Crippen molar-refractivity contribution in [1.82, 2.24) is 9.36 Å². The van der Waals surface area contributed by atoms with Crippen molar-refractivity contribution in [3.63, 3.8) is 0 Å². The minimum absolute atomic E-state index is 0.214. The zero-order valence-corrected chi connectivity index (χ0v) is 18.4. The molecule has 7 heteroatoms. The normalized spacial score (nSPS) is 10.9. The molecule has 2 aromatic carbocycles. The van der Waals surface area contributed by atoms with Gasteiger partial charge in [-0.3, -0.25) is 14.3 Å². The van der Waals surface area contributed by atoms with Gasteiger partial charge in [0, 0.05) is 13.1 Å². The molecule has 31 heavy (non-hydrogen) atoms. The third-order valence-electron chi connectivity index (χ3n) is 4.96. The number of hydrogen-bond acceptors (Lipinski definition) is 4. The minimum atomic E-state index is -0.405. The largest absolute Gasteiger partial charge is 0.493 e. The number of carbonyl (C=O) groups is 1. The second-order valence-electron chi connectivity index (χ2n) is 7.78. The van der Waals surface area contributed by atoms with Gasteiger partial charge in [-0.05, 0) is 43.5 Å². The summed E-state index contributed by atoms with van der Waals surface area (Å²) in [4.78, 5) is 25.3. The lowest BCUT2D eigenvalue weighted by atomic mass is 10.1. The molecule has 1 N–H and O–H groups in total. The van der Waals surface area contributed by atoms with Gasteiger partial charge in [-0.2, -0.15) is 0 Å².